The maximum atomic E-state index is 12.1. The number of carbonyl (C=O) groups is 1. The molecular weight excluding hydrogens is 316 g/mol. The maximum Gasteiger partial charge on any atom is 0.228 e. The van der Waals surface area contributed by atoms with Crippen LogP contribution in [0.25, 0.3) is 22.3 Å². The standard InChI is InChI=1S/C19H22N4O2/c1-3-23-16-8-7-14(25-2)9-13(16)10-17(23)15-11-18(22-21-15)20-19(24)12-5-4-6-12/h7-12H,3-6H2,1-2H3,(H2,20,21,22,24). The van der Waals surface area contributed by atoms with Gasteiger partial charge in [0, 0.05) is 29.4 Å². The number of hydrogen-bond donors (Lipinski definition) is 2. The molecule has 1 saturated carbocycles. The van der Waals surface area contributed by atoms with E-state index < -0.39 is 0 Å². The molecule has 0 atom stereocenters. The molecule has 2 N–H and O–H groups in total. The van der Waals surface area contributed by atoms with Gasteiger partial charge < -0.3 is 14.6 Å². The van der Waals surface area contributed by atoms with E-state index in [4.69, 9.17) is 4.74 Å². The number of aromatic amines is 1. The molecule has 0 radical (unpaired) electrons. The first-order valence-corrected chi connectivity index (χ1v) is 8.73. The number of aryl methyl sites for hydroxylation is 1. The highest BCUT2D eigenvalue weighted by atomic mass is 16.5. The summed E-state index contributed by atoms with van der Waals surface area (Å²) in [6.07, 6.45) is 3.11. The number of rotatable bonds is 5. The van der Waals surface area contributed by atoms with Gasteiger partial charge in [-0.2, -0.15) is 5.10 Å². The van der Waals surface area contributed by atoms with Crippen molar-refractivity contribution in [3.8, 4) is 17.1 Å². The number of hydrogen-bond acceptors (Lipinski definition) is 3. The molecule has 0 aliphatic heterocycles. The summed E-state index contributed by atoms with van der Waals surface area (Å²) in [6, 6.07) is 10.1. The average molecular weight is 338 g/mol. The highest BCUT2D eigenvalue weighted by molar-refractivity contribution is 5.93. The number of anilines is 1. The third-order valence-electron chi connectivity index (χ3n) is 5.01. The van der Waals surface area contributed by atoms with Gasteiger partial charge in [0.2, 0.25) is 5.91 Å². The zero-order chi connectivity index (χ0) is 17.4. The second-order valence-electron chi connectivity index (χ2n) is 6.48. The molecule has 25 heavy (non-hydrogen) atoms. The van der Waals surface area contributed by atoms with Crippen LogP contribution in [0.5, 0.6) is 5.75 Å². The molecule has 1 fully saturated rings. The van der Waals surface area contributed by atoms with E-state index >= 15 is 0 Å². The molecule has 1 aliphatic carbocycles. The van der Waals surface area contributed by atoms with Crippen LogP contribution in [0.4, 0.5) is 5.82 Å². The molecule has 1 aromatic carbocycles. The second kappa shape index (κ2) is 6.27. The first kappa shape index (κ1) is 15.7. The van der Waals surface area contributed by atoms with Crippen molar-refractivity contribution in [2.75, 3.05) is 12.4 Å². The number of methoxy groups -OCH3 is 1. The Bertz CT molecular complexity index is 921. The SMILES string of the molecule is CCn1c(-c2cc(NC(=O)C3CCC3)n[nH]2)cc2cc(OC)ccc21. The van der Waals surface area contributed by atoms with Gasteiger partial charge in [-0.25, -0.2) is 0 Å². The average Bonchev–Trinajstić information content (AvgIpc) is 3.15. The summed E-state index contributed by atoms with van der Waals surface area (Å²) in [5.41, 5.74) is 3.08. The van der Waals surface area contributed by atoms with E-state index in [-0.39, 0.29) is 11.8 Å². The summed E-state index contributed by atoms with van der Waals surface area (Å²) >= 11 is 0. The molecule has 1 amide bonds. The van der Waals surface area contributed by atoms with Gasteiger partial charge in [0.1, 0.15) is 5.75 Å². The van der Waals surface area contributed by atoms with E-state index in [1.165, 1.54) is 0 Å². The van der Waals surface area contributed by atoms with Crippen LogP contribution in [0.2, 0.25) is 0 Å². The Balaban J connectivity index is 1.65. The van der Waals surface area contributed by atoms with Crippen molar-refractivity contribution in [3.05, 3.63) is 30.3 Å². The molecule has 1 aliphatic rings. The molecule has 0 unspecified atom stereocenters. The molecule has 0 bridgehead atoms. The Kier molecular flexibility index (Phi) is 3.95. The van der Waals surface area contributed by atoms with E-state index in [9.17, 15) is 4.79 Å². The molecule has 0 saturated heterocycles. The van der Waals surface area contributed by atoms with Gasteiger partial charge in [0.25, 0.3) is 0 Å². The highest BCUT2D eigenvalue weighted by Gasteiger charge is 2.25. The maximum absolute atomic E-state index is 12.1. The summed E-state index contributed by atoms with van der Waals surface area (Å²) in [4.78, 5) is 12.1. The summed E-state index contributed by atoms with van der Waals surface area (Å²) in [6.45, 7) is 2.96. The number of H-pyrrole nitrogens is 1. The predicted octanol–water partition coefficient (Wildman–Crippen LogP) is 3.80. The summed E-state index contributed by atoms with van der Waals surface area (Å²) in [5.74, 6) is 1.64. The fourth-order valence-corrected chi connectivity index (χ4v) is 3.36. The Morgan fingerprint density at radius 3 is 2.88 bits per heavy atom. The third-order valence-corrected chi connectivity index (χ3v) is 5.01. The molecule has 2 aromatic heterocycles. The zero-order valence-electron chi connectivity index (χ0n) is 14.5. The van der Waals surface area contributed by atoms with Crippen molar-refractivity contribution in [2.24, 2.45) is 5.92 Å². The quantitative estimate of drug-likeness (QED) is 0.743. The summed E-state index contributed by atoms with van der Waals surface area (Å²) in [7, 11) is 1.67. The molecule has 6 nitrogen and oxygen atoms in total. The van der Waals surface area contributed by atoms with Crippen LogP contribution in [-0.2, 0) is 11.3 Å². The van der Waals surface area contributed by atoms with Crippen molar-refractivity contribution in [3.63, 3.8) is 0 Å². The first-order chi connectivity index (χ1) is 12.2. The molecular formula is C19H22N4O2. The third kappa shape index (κ3) is 2.77. The normalized spacial score (nSPS) is 14.5. The van der Waals surface area contributed by atoms with Gasteiger partial charge >= 0.3 is 0 Å². The van der Waals surface area contributed by atoms with Gasteiger partial charge in [0.05, 0.1) is 18.5 Å². The smallest absolute Gasteiger partial charge is 0.228 e. The molecule has 0 spiro atoms. The van der Waals surface area contributed by atoms with Gasteiger partial charge in [-0.1, -0.05) is 6.42 Å². The number of aromatic nitrogens is 3. The van der Waals surface area contributed by atoms with E-state index in [1.54, 1.807) is 7.11 Å². The Labute approximate surface area is 146 Å². The number of amides is 1. The first-order valence-electron chi connectivity index (χ1n) is 8.73. The Morgan fingerprint density at radius 2 is 2.20 bits per heavy atom. The van der Waals surface area contributed by atoms with Crippen molar-refractivity contribution >= 4 is 22.6 Å². The largest absolute Gasteiger partial charge is 0.497 e. The van der Waals surface area contributed by atoms with Crippen LogP contribution >= 0.6 is 0 Å². The number of nitrogens with zero attached hydrogens (tertiary/aromatic N) is 2. The number of benzene rings is 1. The number of carbonyl (C=O) groups excluding carboxylic acids is 1. The number of ether oxygens (including phenoxy) is 1. The van der Waals surface area contributed by atoms with Gasteiger partial charge in [0.15, 0.2) is 5.82 Å². The van der Waals surface area contributed by atoms with Crippen molar-refractivity contribution < 1.29 is 9.53 Å². The molecule has 6 heteroatoms. The van der Waals surface area contributed by atoms with E-state index in [0.717, 1.165) is 53.8 Å². The number of fused-ring (bicyclic) bond motifs is 1. The summed E-state index contributed by atoms with van der Waals surface area (Å²) < 4.78 is 7.54. The van der Waals surface area contributed by atoms with Crippen molar-refractivity contribution in [1.82, 2.24) is 14.8 Å². The van der Waals surface area contributed by atoms with Crippen LogP contribution in [-0.4, -0.2) is 27.8 Å². The van der Waals surface area contributed by atoms with Crippen LogP contribution in [0.1, 0.15) is 26.2 Å². The molecule has 4 rings (SSSR count). The monoisotopic (exact) mass is 338 g/mol. The van der Waals surface area contributed by atoms with Gasteiger partial charge in [-0.05, 0) is 44.0 Å². The van der Waals surface area contributed by atoms with Crippen LogP contribution in [0, 0.1) is 5.92 Å². The van der Waals surface area contributed by atoms with Crippen molar-refractivity contribution in [2.45, 2.75) is 32.7 Å². The van der Waals surface area contributed by atoms with E-state index in [2.05, 4.69) is 39.1 Å². The second-order valence-corrected chi connectivity index (χ2v) is 6.48. The minimum atomic E-state index is 0.0741. The lowest BCUT2D eigenvalue weighted by molar-refractivity contribution is -0.122. The fraction of sp³-hybridized carbons (Fsp3) is 0.368. The lowest BCUT2D eigenvalue weighted by atomic mass is 9.85. The van der Waals surface area contributed by atoms with Gasteiger partial charge in [-0.15, -0.1) is 0 Å². The number of nitrogens with one attached hydrogen (secondary N) is 2. The van der Waals surface area contributed by atoms with E-state index in [1.807, 2.05) is 18.2 Å². The minimum absolute atomic E-state index is 0.0741. The van der Waals surface area contributed by atoms with Crippen molar-refractivity contribution in [1.29, 1.82) is 0 Å². The molecule has 130 valence electrons. The predicted molar refractivity (Wildman–Crippen MR) is 97.7 cm³/mol. The lowest BCUT2D eigenvalue weighted by Crippen LogP contribution is -2.28. The van der Waals surface area contributed by atoms with Crippen LogP contribution in [0.3, 0.4) is 0 Å². The topological polar surface area (TPSA) is 71.9 Å². The minimum Gasteiger partial charge on any atom is -0.497 e. The van der Waals surface area contributed by atoms with E-state index in [0.29, 0.717) is 5.82 Å². The van der Waals surface area contributed by atoms with Crippen LogP contribution < -0.4 is 10.1 Å². The Morgan fingerprint density at radius 1 is 1.36 bits per heavy atom. The zero-order valence-corrected chi connectivity index (χ0v) is 14.5. The van der Waals surface area contributed by atoms with Gasteiger partial charge in [-0.3, -0.25) is 9.89 Å². The fourth-order valence-electron chi connectivity index (χ4n) is 3.36. The summed E-state index contributed by atoms with van der Waals surface area (Å²) in [5, 5.41) is 11.3. The molecule has 2 heterocycles. The lowest BCUT2D eigenvalue weighted by Gasteiger charge is -2.23. The van der Waals surface area contributed by atoms with Crippen LogP contribution in [0.15, 0.2) is 30.3 Å². The highest BCUT2D eigenvalue weighted by Crippen LogP contribution is 2.31. The molecule has 3 aromatic rings. The Hall–Kier alpha value is -2.76.